The van der Waals surface area contributed by atoms with Crippen LogP contribution in [0.2, 0.25) is 0 Å². The molecule has 3 heteroatoms. The third kappa shape index (κ3) is 4.76. The van der Waals surface area contributed by atoms with Crippen LogP contribution in [0, 0.1) is 0 Å². The van der Waals surface area contributed by atoms with Gasteiger partial charge in [0.05, 0.1) is 22.1 Å². The highest BCUT2D eigenvalue weighted by molar-refractivity contribution is 6.18. The molecule has 12 aromatic rings. The van der Waals surface area contributed by atoms with Crippen LogP contribution < -0.4 is 4.90 Å². The molecule has 2 aliphatic carbocycles. The van der Waals surface area contributed by atoms with E-state index in [1.807, 2.05) is 6.07 Å². The number of rotatable bonds is 5. The van der Waals surface area contributed by atoms with Gasteiger partial charge in [-0.2, -0.15) is 0 Å². The van der Waals surface area contributed by atoms with Gasteiger partial charge in [-0.25, -0.2) is 0 Å². The van der Waals surface area contributed by atoms with Gasteiger partial charge in [-0.1, -0.05) is 164 Å². The lowest BCUT2D eigenvalue weighted by Gasteiger charge is -2.32. The molecule has 0 atom stereocenters. The van der Waals surface area contributed by atoms with Crippen LogP contribution >= 0.6 is 0 Å². The van der Waals surface area contributed by atoms with Gasteiger partial charge in [-0.15, -0.1) is 0 Å². The number of para-hydroxylation sites is 2. The lowest BCUT2D eigenvalue weighted by atomic mass is 9.70. The number of hydrogen-bond acceptors (Lipinski definition) is 2. The largest absolute Gasteiger partial charge is 0.456 e. The Labute approximate surface area is 370 Å². The van der Waals surface area contributed by atoms with Crippen LogP contribution in [0.3, 0.4) is 0 Å². The number of furan rings is 1. The van der Waals surface area contributed by atoms with E-state index in [4.69, 9.17) is 4.42 Å². The number of fused-ring (bicyclic) bond motifs is 16. The lowest BCUT2D eigenvalue weighted by Crippen LogP contribution is -2.26. The fourth-order valence-corrected chi connectivity index (χ4v) is 11.4. The Hall–Kier alpha value is -8.40. The Kier molecular flexibility index (Phi) is 7.32. The number of benzene rings is 10. The Morgan fingerprint density at radius 3 is 1.69 bits per heavy atom. The number of aromatic nitrogens is 1. The molecular formula is C61H38N2O. The summed E-state index contributed by atoms with van der Waals surface area (Å²) in [6, 6.07) is 84.6. The van der Waals surface area contributed by atoms with Gasteiger partial charge in [0.2, 0.25) is 0 Å². The first-order valence-corrected chi connectivity index (χ1v) is 22.1. The molecule has 0 saturated heterocycles. The zero-order valence-electron chi connectivity index (χ0n) is 34.7. The second kappa shape index (κ2) is 13.3. The normalized spacial score (nSPS) is 13.1. The van der Waals surface area contributed by atoms with E-state index in [0.29, 0.717) is 0 Å². The van der Waals surface area contributed by atoms with E-state index >= 15 is 0 Å². The van der Waals surface area contributed by atoms with Crippen LogP contribution in [-0.2, 0) is 5.41 Å². The van der Waals surface area contributed by atoms with Crippen molar-refractivity contribution in [3.63, 3.8) is 0 Å². The molecule has 1 spiro atoms. The molecule has 0 unspecified atom stereocenters. The molecule has 2 aliphatic rings. The predicted octanol–water partition coefficient (Wildman–Crippen LogP) is 16.2. The SMILES string of the molecule is c1ccc(-c2ccc(N(c3ccc4c(c3)c3cc5oc6ccccc6c5cc3n4-c3ccccc3)c3cccc4c3-c3ccccc3C43c4ccccc4-c4ccccc43)cc2)cc1. The Morgan fingerprint density at radius 1 is 0.359 bits per heavy atom. The summed E-state index contributed by atoms with van der Waals surface area (Å²) in [5, 5.41) is 4.55. The molecule has 0 amide bonds. The third-order valence-electron chi connectivity index (χ3n) is 14.0. The second-order valence-electron chi connectivity index (χ2n) is 17.2. The molecule has 0 bridgehead atoms. The molecule has 0 fully saturated rings. The van der Waals surface area contributed by atoms with Gasteiger partial charge in [0.1, 0.15) is 11.2 Å². The summed E-state index contributed by atoms with van der Waals surface area (Å²) in [7, 11) is 0. The van der Waals surface area contributed by atoms with Crippen LogP contribution in [0.25, 0.3) is 82.8 Å². The quantitative estimate of drug-likeness (QED) is 0.173. The van der Waals surface area contributed by atoms with Gasteiger partial charge in [0.25, 0.3) is 0 Å². The second-order valence-corrected chi connectivity index (χ2v) is 17.2. The van der Waals surface area contributed by atoms with Crippen LogP contribution in [0.15, 0.2) is 235 Å². The van der Waals surface area contributed by atoms with Gasteiger partial charge in [-0.05, 0) is 117 Å². The van der Waals surface area contributed by atoms with E-state index in [1.54, 1.807) is 0 Å². The highest BCUT2D eigenvalue weighted by atomic mass is 16.3. The highest BCUT2D eigenvalue weighted by Gasteiger charge is 2.52. The zero-order valence-corrected chi connectivity index (χ0v) is 34.7. The molecule has 298 valence electrons. The number of nitrogens with zero attached hydrogens (tertiary/aromatic N) is 2. The first kappa shape index (κ1) is 35.2. The van der Waals surface area contributed by atoms with Crippen molar-refractivity contribution < 1.29 is 4.42 Å². The predicted molar refractivity (Wildman–Crippen MR) is 264 cm³/mol. The minimum absolute atomic E-state index is 0.455. The van der Waals surface area contributed by atoms with Crippen molar-refractivity contribution >= 4 is 60.8 Å². The van der Waals surface area contributed by atoms with Crippen molar-refractivity contribution in [2.45, 2.75) is 5.41 Å². The Bertz CT molecular complexity index is 3790. The van der Waals surface area contributed by atoms with Crippen molar-refractivity contribution in [3.8, 4) is 39.1 Å². The summed E-state index contributed by atoms with van der Waals surface area (Å²) < 4.78 is 8.95. The fourth-order valence-electron chi connectivity index (χ4n) is 11.4. The standard InChI is InChI=1S/C61H38N2O/c1-3-16-39(17-4-1)40-30-32-42(33-31-40)62(56-28-15-27-54-60(56)47-23-9-13-26-53(47)61(54)51-24-11-7-20-44(51)45-21-8-12-25-52(45)61)43-34-35-55-48(36-43)49-38-59-50(46-22-10-14-29-58(46)64-59)37-57(49)63(55)41-18-5-2-6-19-41/h1-38H. The van der Waals surface area contributed by atoms with Gasteiger partial charge in [0, 0.05) is 44.2 Å². The molecule has 2 aromatic heterocycles. The van der Waals surface area contributed by atoms with Gasteiger partial charge < -0.3 is 13.9 Å². The monoisotopic (exact) mass is 814 g/mol. The van der Waals surface area contributed by atoms with Gasteiger partial charge in [-0.3, -0.25) is 0 Å². The molecule has 3 nitrogen and oxygen atoms in total. The van der Waals surface area contributed by atoms with E-state index in [9.17, 15) is 0 Å². The molecule has 0 aliphatic heterocycles. The molecule has 10 aromatic carbocycles. The molecule has 2 heterocycles. The molecule has 0 saturated carbocycles. The van der Waals surface area contributed by atoms with E-state index in [-0.39, 0.29) is 0 Å². The minimum atomic E-state index is -0.455. The number of hydrogen-bond donors (Lipinski definition) is 0. The summed E-state index contributed by atoms with van der Waals surface area (Å²) in [6.45, 7) is 0. The lowest BCUT2D eigenvalue weighted by molar-refractivity contribution is 0.669. The van der Waals surface area contributed by atoms with E-state index in [2.05, 4.69) is 234 Å². The maximum Gasteiger partial charge on any atom is 0.136 e. The maximum absolute atomic E-state index is 6.55. The van der Waals surface area contributed by atoms with Crippen molar-refractivity contribution in [1.82, 2.24) is 4.57 Å². The van der Waals surface area contributed by atoms with Crippen molar-refractivity contribution in [3.05, 3.63) is 253 Å². The number of anilines is 3. The van der Waals surface area contributed by atoms with Crippen LogP contribution in [0.5, 0.6) is 0 Å². The van der Waals surface area contributed by atoms with Gasteiger partial charge in [0.15, 0.2) is 0 Å². The Morgan fingerprint density at radius 2 is 0.938 bits per heavy atom. The van der Waals surface area contributed by atoms with Crippen molar-refractivity contribution in [2.75, 3.05) is 4.90 Å². The molecule has 14 rings (SSSR count). The zero-order chi connectivity index (χ0) is 41.9. The Balaban J connectivity index is 1.06. The average molecular weight is 815 g/mol. The van der Waals surface area contributed by atoms with Crippen LogP contribution in [-0.4, -0.2) is 4.57 Å². The van der Waals surface area contributed by atoms with E-state index in [0.717, 1.165) is 66.5 Å². The topological polar surface area (TPSA) is 21.3 Å². The molecular weight excluding hydrogens is 777 g/mol. The summed E-state index contributed by atoms with van der Waals surface area (Å²) in [6.07, 6.45) is 0. The summed E-state index contributed by atoms with van der Waals surface area (Å²) >= 11 is 0. The summed E-state index contributed by atoms with van der Waals surface area (Å²) in [5.41, 5.74) is 20.9. The fraction of sp³-hybridized carbons (Fsp3) is 0.0164. The summed E-state index contributed by atoms with van der Waals surface area (Å²) in [4.78, 5) is 2.49. The minimum Gasteiger partial charge on any atom is -0.456 e. The van der Waals surface area contributed by atoms with Gasteiger partial charge >= 0.3 is 0 Å². The average Bonchev–Trinajstić information content (AvgIpc) is 4.08. The van der Waals surface area contributed by atoms with Crippen molar-refractivity contribution in [1.29, 1.82) is 0 Å². The molecule has 0 N–H and O–H groups in total. The first-order chi connectivity index (χ1) is 31.8. The highest BCUT2D eigenvalue weighted by Crippen LogP contribution is 2.64. The van der Waals surface area contributed by atoms with Crippen molar-refractivity contribution in [2.24, 2.45) is 0 Å². The maximum atomic E-state index is 6.55. The first-order valence-electron chi connectivity index (χ1n) is 22.1. The molecule has 0 radical (unpaired) electrons. The van der Waals surface area contributed by atoms with E-state index < -0.39 is 5.41 Å². The van der Waals surface area contributed by atoms with Crippen LogP contribution in [0.4, 0.5) is 17.1 Å². The molecule has 64 heavy (non-hydrogen) atoms. The smallest absolute Gasteiger partial charge is 0.136 e. The summed E-state index contributed by atoms with van der Waals surface area (Å²) in [5.74, 6) is 0. The van der Waals surface area contributed by atoms with E-state index in [1.165, 1.54) is 55.6 Å². The third-order valence-corrected chi connectivity index (χ3v) is 14.0. The van der Waals surface area contributed by atoms with Crippen LogP contribution in [0.1, 0.15) is 22.3 Å².